The van der Waals surface area contributed by atoms with E-state index in [9.17, 15) is 19.8 Å². The molecular formula is C92H142BClN16O17P2. The van der Waals surface area contributed by atoms with Crippen molar-refractivity contribution >= 4 is 98.4 Å². The highest BCUT2D eigenvalue weighted by atomic mass is 35.5. The summed E-state index contributed by atoms with van der Waals surface area (Å²) >= 11 is 6.28. The predicted molar refractivity (Wildman–Crippen MR) is 514 cm³/mol. The van der Waals surface area contributed by atoms with Crippen LogP contribution in [-0.2, 0) is 62.3 Å². The molecule has 14 atom stereocenters. The molecule has 0 spiro atoms. The molecule has 33 nitrogen and oxygen atoms in total. The number of halogens is 1. The van der Waals surface area contributed by atoms with Crippen molar-refractivity contribution in [3.8, 4) is 17.2 Å². The number of nitrogen functional groups attached to an aromatic ring is 2. The lowest BCUT2D eigenvalue weighted by Gasteiger charge is -2.29. The normalized spacial score (nSPS) is 23.3. The number of unbranched alkanes of at least 4 members (excludes halogenated alkanes) is 3. The molecule has 6 aromatic heterocycles. The van der Waals surface area contributed by atoms with Gasteiger partial charge in [0.2, 0.25) is 0 Å². The average molecular weight is 1850 g/mol. The summed E-state index contributed by atoms with van der Waals surface area (Å²) < 4.78 is 78.6. The Kier molecular flexibility index (Phi) is 40.7. The van der Waals surface area contributed by atoms with Crippen LogP contribution in [-0.4, -0.2) is 205 Å². The van der Waals surface area contributed by atoms with E-state index in [0.29, 0.717) is 76.0 Å². The summed E-state index contributed by atoms with van der Waals surface area (Å²) in [5.74, 6) is 3.07. The number of aliphatic hydroxyl groups is 2. The zero-order valence-corrected chi connectivity index (χ0v) is 78.4. The lowest BCUT2D eigenvalue weighted by Crippen LogP contribution is -2.47. The fourth-order valence-electron chi connectivity index (χ4n) is 15.4. The monoisotopic (exact) mass is 1850 g/mol. The third kappa shape index (κ3) is 28.4. The van der Waals surface area contributed by atoms with Gasteiger partial charge in [-0.25, -0.2) is 44.3 Å². The molecule has 3 aromatic carbocycles. The fourth-order valence-corrected chi connectivity index (χ4v) is 19.7. The maximum atomic E-state index is 12.0. The highest BCUT2D eigenvalue weighted by molar-refractivity contribution is 7.75. The fraction of sp³-hybridized carbons (Fsp3) is 0.565. The number of carbonyl (C=O) groups is 2. The number of ether oxygens (including phenoxy) is 12. The van der Waals surface area contributed by atoms with Crippen molar-refractivity contribution in [2.75, 3.05) is 49.8 Å². The van der Waals surface area contributed by atoms with Crippen LogP contribution in [0.4, 0.5) is 21.2 Å². The first-order valence-electron chi connectivity index (χ1n) is 42.2. The summed E-state index contributed by atoms with van der Waals surface area (Å²) in [6.45, 7) is 40.3. The van der Waals surface area contributed by atoms with Crippen LogP contribution >= 0.6 is 27.7 Å². The number of rotatable bonds is 26. The first-order chi connectivity index (χ1) is 58.6. The van der Waals surface area contributed by atoms with Crippen LogP contribution in [0.1, 0.15) is 214 Å². The minimum atomic E-state index is -1.52. The highest BCUT2D eigenvalue weighted by Gasteiger charge is 2.66. The number of nitrogens with two attached hydrogens (primary N) is 3. The van der Waals surface area contributed by atoms with Crippen molar-refractivity contribution in [2.24, 2.45) is 5.73 Å². The number of amides is 2. The Labute approximate surface area is 770 Å². The number of hydrogen-bond acceptors (Lipinski definition) is 26. The number of aromatic nitrogens is 9. The van der Waals surface area contributed by atoms with Gasteiger partial charge in [0.25, 0.3) is 0 Å². The Hall–Kier alpha value is -8.85. The van der Waals surface area contributed by atoms with Gasteiger partial charge in [-0.2, -0.15) is 0 Å². The zero-order chi connectivity index (χ0) is 90.3. The molecular weight excluding hydrogens is 1710 g/mol. The number of alkyl carbamates (subject to hydrolysis) is 2. The summed E-state index contributed by atoms with van der Waals surface area (Å²) in [4.78, 5) is 52.8. The van der Waals surface area contributed by atoms with Gasteiger partial charge in [-0.1, -0.05) is 149 Å². The Balaban J connectivity index is 0.000000307. The molecule has 0 saturated carbocycles. The third-order valence-electron chi connectivity index (χ3n) is 21.5. The molecule has 129 heavy (non-hydrogen) atoms. The van der Waals surface area contributed by atoms with Crippen LogP contribution in [0.3, 0.4) is 0 Å². The molecule has 5 aliphatic rings. The molecule has 5 saturated heterocycles. The van der Waals surface area contributed by atoms with Crippen LogP contribution in [0.2, 0.25) is 5.15 Å². The van der Waals surface area contributed by atoms with E-state index >= 15 is 0 Å². The number of anilines is 2. The molecule has 11 heterocycles. The molecule has 2 unspecified atom stereocenters. The molecule has 5 aliphatic heterocycles. The average Bonchev–Trinajstić information content (AvgIpc) is 1.55. The van der Waals surface area contributed by atoms with Gasteiger partial charge >= 0.3 is 12.2 Å². The highest BCUT2D eigenvalue weighted by Crippen LogP contribution is 2.54. The van der Waals surface area contributed by atoms with E-state index in [1.165, 1.54) is 82.9 Å². The lowest BCUT2D eigenvalue weighted by atomic mass is 9.95. The zero-order valence-electron chi connectivity index (χ0n) is 75.6. The SMILES string of the molecule is C.C.C.CC(C)(C)OC(=O)NCc1cccc(OC[C@H]2O[C@@H](n3ccc4c(Cl)ncnc43)[C@@H]3OC(C)(C)O[C@]23C)c1.CC(C)(C)OC(=O)NCc1cccc(OC[C@H]2O[C@@H](n3ccc4c(N)ncnc43)[C@@H]3OC(C)(C)O[C@]23C)c1.C[C@@]1(O)[C@@H](COc2cccc(CN)c2)O[C@@H](n2ccc3c(N)ncnc32)[C@@H]1O.N.O.[B]C(C)P.[C-]#[N+]C=P(CCCC)(CCCC)CCCC. The molecule has 5 fully saturated rings. The summed E-state index contributed by atoms with van der Waals surface area (Å²) in [5.41, 5.74) is 18.1. The summed E-state index contributed by atoms with van der Waals surface area (Å²) in [6, 6.07) is 27.9. The second-order valence-corrected chi connectivity index (χ2v) is 40.5. The number of hydrogen-bond donors (Lipinski definition) is 8. The Morgan fingerprint density at radius 2 is 0.953 bits per heavy atom. The van der Waals surface area contributed by atoms with Crippen LogP contribution in [0.5, 0.6) is 17.2 Å². The van der Waals surface area contributed by atoms with Gasteiger partial charge in [0.1, 0.15) is 160 Å². The van der Waals surface area contributed by atoms with Crippen LogP contribution < -0.4 is 48.2 Å². The van der Waals surface area contributed by atoms with Gasteiger partial charge in [-0.15, -0.1) is 9.24 Å². The largest absolute Gasteiger partial charge is 0.491 e. The minimum Gasteiger partial charge on any atom is -0.491 e. The second kappa shape index (κ2) is 47.5. The molecule has 14 rings (SSSR count). The van der Waals surface area contributed by atoms with Crippen molar-refractivity contribution < 1.29 is 82.1 Å². The molecule has 15 N–H and O–H groups in total. The van der Waals surface area contributed by atoms with Gasteiger partial charge in [-0.3, -0.25) is 0 Å². The van der Waals surface area contributed by atoms with Crippen molar-refractivity contribution in [1.29, 1.82) is 0 Å². The van der Waals surface area contributed by atoms with Gasteiger partial charge in [-0.05, 0) is 180 Å². The lowest BCUT2D eigenvalue weighted by molar-refractivity contribution is -0.213. The summed E-state index contributed by atoms with van der Waals surface area (Å²) in [7, 11) is 7.51. The molecule has 2 radical (unpaired) electrons. The van der Waals surface area contributed by atoms with E-state index in [1.54, 1.807) is 22.9 Å². The maximum absolute atomic E-state index is 12.0. The number of aliphatic hydroxyl groups excluding tert-OH is 1. The van der Waals surface area contributed by atoms with Crippen molar-refractivity contribution in [2.45, 2.75) is 299 Å². The van der Waals surface area contributed by atoms with Gasteiger partial charge in [0, 0.05) is 38.2 Å². The quantitative estimate of drug-likeness (QED) is 0.0108. The first-order valence-corrected chi connectivity index (χ1v) is 45.6. The molecule has 9 aromatic rings. The van der Waals surface area contributed by atoms with E-state index in [4.69, 9.17) is 100 Å². The van der Waals surface area contributed by atoms with E-state index < -0.39 is 114 Å². The number of carbonyl (C=O) groups excluding carboxylic acids is 2. The summed E-state index contributed by atoms with van der Waals surface area (Å²) in [5, 5.41) is 29.6. The van der Waals surface area contributed by atoms with Gasteiger partial charge in [0.15, 0.2) is 30.3 Å². The standard InChI is InChI=1S/C27H33ClN4O6.C27H35N5O6.C19H23N5O4.C14H28NP.C2H6BP.3CH4.H3N.H2O/c2*1-25(2,3)37-24(33)29-13-16-8-7-9-17(12-16)34-14-19-27(6)20(36-26(4,5)38-27)23(35-19)32-11-10-18-21(28)30-15-31-22(18)32;1-19(26)14(9-27-12-4-2-3-11(7-12)8-20)28-18(15(19)25)24-6-5-13-16(21)22-10-23-17(13)24;1-5-8-11-16(14-15-4,12-9-6-2)13-10-7-3;1-2(3)4;;;;;/h7-12,15,19-20,23H,13-14H2,1-6H3,(H,29,33);7-12,15,19-20,23H,13-14H2,1-6H3,(H,29,33)(H2,28,30,31);2-7,10,14-15,18,25-26H,8-9,20H2,1H3,(H2,21,22,23);14H,5-13H2,1-3H3;2H,4H2,1H3;3*1H4;1H3;1H2/t2*19-,20+,23-,27-;14-,15+,18-,19-;;;;;;;/m111......./s1. The topological polar surface area (TPSA) is 450 Å². The smallest absolute Gasteiger partial charge is 0.407 e. The van der Waals surface area contributed by atoms with Crippen LogP contribution in [0.25, 0.3) is 37.9 Å². The first kappa shape index (κ1) is 111. The second-order valence-electron chi connectivity index (χ2n) is 35.1. The Bertz CT molecular complexity index is 4920. The maximum Gasteiger partial charge on any atom is 0.407 e. The third-order valence-corrected chi connectivity index (χ3v) is 26.0. The molecule has 712 valence electrons. The van der Waals surface area contributed by atoms with E-state index in [0.717, 1.165) is 27.5 Å². The van der Waals surface area contributed by atoms with Gasteiger partial charge < -0.3 is 120 Å². The summed E-state index contributed by atoms with van der Waals surface area (Å²) in [6.07, 6.45) is 14.9. The molecule has 0 bridgehead atoms. The molecule has 0 aliphatic carbocycles. The van der Waals surface area contributed by atoms with Crippen LogP contribution in [0.15, 0.2) is 129 Å². The Morgan fingerprint density at radius 1 is 0.605 bits per heavy atom. The van der Waals surface area contributed by atoms with Gasteiger partial charge in [0.05, 0.1) is 30.6 Å². The molecule has 2 amide bonds. The van der Waals surface area contributed by atoms with E-state index in [1.807, 2.05) is 196 Å². The van der Waals surface area contributed by atoms with Crippen LogP contribution in [0, 0.1) is 6.57 Å². The number of benzene rings is 3. The number of nitrogens with zero attached hydrogens (tertiary/aromatic N) is 10. The van der Waals surface area contributed by atoms with E-state index in [-0.39, 0.29) is 59.3 Å². The van der Waals surface area contributed by atoms with Crippen molar-refractivity contribution in [3.05, 3.63) is 162 Å². The molecule has 37 heteroatoms. The van der Waals surface area contributed by atoms with Crippen molar-refractivity contribution in [3.63, 3.8) is 0 Å². The predicted octanol–water partition coefficient (Wildman–Crippen LogP) is 16.2. The number of fused-ring (bicyclic) bond motifs is 5. The van der Waals surface area contributed by atoms with Crippen molar-refractivity contribution in [1.82, 2.24) is 60.4 Å². The Morgan fingerprint density at radius 3 is 1.33 bits per heavy atom. The number of nitrogens with one attached hydrogen (secondary N) is 2. The minimum absolute atomic E-state index is 0. The van der Waals surface area contributed by atoms with E-state index in [2.05, 4.69) is 75.4 Å².